The summed E-state index contributed by atoms with van der Waals surface area (Å²) >= 11 is 0. The predicted molar refractivity (Wildman–Crippen MR) is 36.8 cm³/mol. The molecule has 1 aromatic carbocycles. The molecule has 5 heteroatoms. The number of phenolic OH excluding ortho intramolecular Hbond substituents is 1. The number of aromatic hydroxyl groups is 1. The van der Waals surface area contributed by atoms with Crippen molar-refractivity contribution in [2.45, 2.75) is 4.90 Å². The number of para-hydroxylation sites is 1. The van der Waals surface area contributed by atoms with Crippen molar-refractivity contribution < 1.29 is 18.1 Å². The standard InChI is InChI=1S/C6H5O4S/c7-5-3-1-2-4-6(5)11(8,9)10/h1-2,4,7H,(H,8,9,10). The minimum atomic E-state index is -4.31. The van der Waals surface area contributed by atoms with Crippen LogP contribution >= 0.6 is 0 Å². The Labute approximate surface area is 63.9 Å². The van der Waals surface area contributed by atoms with Gasteiger partial charge in [-0.25, -0.2) is 0 Å². The van der Waals surface area contributed by atoms with Gasteiger partial charge in [-0.2, -0.15) is 8.42 Å². The summed E-state index contributed by atoms with van der Waals surface area (Å²) in [4.78, 5) is -0.528. The van der Waals surface area contributed by atoms with E-state index in [1.54, 1.807) is 0 Å². The third-order valence-corrected chi connectivity index (χ3v) is 1.96. The second-order valence-corrected chi connectivity index (χ2v) is 3.25. The molecule has 0 fully saturated rings. The molecule has 11 heavy (non-hydrogen) atoms. The second kappa shape index (κ2) is 2.52. The zero-order valence-corrected chi connectivity index (χ0v) is 6.17. The minimum absolute atomic E-state index is 0.528. The van der Waals surface area contributed by atoms with Crippen molar-refractivity contribution in [1.82, 2.24) is 0 Å². The molecule has 0 aliphatic carbocycles. The lowest BCUT2D eigenvalue weighted by molar-refractivity contribution is 0.442. The van der Waals surface area contributed by atoms with E-state index in [9.17, 15) is 8.42 Å². The minimum Gasteiger partial charge on any atom is -0.506 e. The van der Waals surface area contributed by atoms with Gasteiger partial charge in [-0.05, 0) is 6.07 Å². The first-order chi connectivity index (χ1) is 5.02. The molecule has 0 saturated carbocycles. The molecule has 0 spiro atoms. The van der Waals surface area contributed by atoms with Gasteiger partial charge in [0.1, 0.15) is 10.6 Å². The van der Waals surface area contributed by atoms with Gasteiger partial charge in [0.05, 0.1) is 0 Å². The zero-order chi connectivity index (χ0) is 8.48. The fourth-order valence-corrected chi connectivity index (χ4v) is 1.17. The van der Waals surface area contributed by atoms with E-state index < -0.39 is 20.8 Å². The predicted octanol–water partition coefficient (Wildman–Crippen LogP) is 0.439. The Balaban J connectivity index is 3.37. The summed E-state index contributed by atoms with van der Waals surface area (Å²) in [7, 11) is -4.31. The number of hydrogen-bond acceptors (Lipinski definition) is 3. The summed E-state index contributed by atoms with van der Waals surface area (Å²) < 4.78 is 29.3. The van der Waals surface area contributed by atoms with Crippen LogP contribution in [0.5, 0.6) is 5.75 Å². The molecule has 0 unspecified atom stereocenters. The van der Waals surface area contributed by atoms with E-state index >= 15 is 0 Å². The molecule has 0 aromatic heterocycles. The maximum absolute atomic E-state index is 10.4. The lowest BCUT2D eigenvalue weighted by Crippen LogP contribution is -1.97. The van der Waals surface area contributed by atoms with E-state index in [1.807, 2.05) is 0 Å². The molecule has 0 aliphatic rings. The van der Waals surface area contributed by atoms with Gasteiger partial charge in [0.25, 0.3) is 10.1 Å². The molecular formula is C6H5O4S. The lowest BCUT2D eigenvalue weighted by Gasteiger charge is -1.97. The topological polar surface area (TPSA) is 74.6 Å². The molecule has 0 aliphatic heterocycles. The van der Waals surface area contributed by atoms with Crippen LogP contribution in [0.4, 0.5) is 0 Å². The van der Waals surface area contributed by atoms with Crippen LogP contribution in [-0.2, 0) is 10.1 Å². The first kappa shape index (κ1) is 8.03. The molecule has 4 nitrogen and oxygen atoms in total. The van der Waals surface area contributed by atoms with Crippen molar-refractivity contribution in [3.8, 4) is 5.75 Å². The second-order valence-electron chi connectivity index (χ2n) is 1.86. The first-order valence-electron chi connectivity index (χ1n) is 2.69. The van der Waals surface area contributed by atoms with Gasteiger partial charge in [-0.15, -0.1) is 0 Å². The summed E-state index contributed by atoms with van der Waals surface area (Å²) in [5.41, 5.74) is 0. The molecule has 1 radical (unpaired) electrons. The lowest BCUT2D eigenvalue weighted by atomic mass is 10.3. The van der Waals surface area contributed by atoms with E-state index in [4.69, 9.17) is 9.66 Å². The Kier molecular flexibility index (Phi) is 1.84. The Bertz CT molecular complexity index is 355. The quantitative estimate of drug-likeness (QED) is 0.604. The number of rotatable bonds is 1. The highest BCUT2D eigenvalue weighted by molar-refractivity contribution is 7.86. The van der Waals surface area contributed by atoms with Crippen LogP contribution in [0.15, 0.2) is 23.1 Å². The summed E-state index contributed by atoms with van der Waals surface area (Å²) in [6, 6.07) is 5.99. The van der Waals surface area contributed by atoms with Gasteiger partial charge >= 0.3 is 0 Å². The molecule has 0 bridgehead atoms. The van der Waals surface area contributed by atoms with Gasteiger partial charge in [0, 0.05) is 6.07 Å². The largest absolute Gasteiger partial charge is 0.506 e. The summed E-state index contributed by atoms with van der Waals surface area (Å²) in [6.45, 7) is 0. The van der Waals surface area contributed by atoms with E-state index in [0.29, 0.717) is 0 Å². The normalized spacial score (nSPS) is 11.4. The Hall–Kier alpha value is -1.07. The van der Waals surface area contributed by atoms with Crippen molar-refractivity contribution in [1.29, 1.82) is 0 Å². The molecule has 1 aromatic rings. The maximum Gasteiger partial charge on any atom is 0.298 e. The number of hydrogen-bond donors (Lipinski definition) is 2. The van der Waals surface area contributed by atoms with Gasteiger partial charge in [0.2, 0.25) is 0 Å². The van der Waals surface area contributed by atoms with Crippen LogP contribution < -0.4 is 0 Å². The van der Waals surface area contributed by atoms with Crippen molar-refractivity contribution in [2.24, 2.45) is 0 Å². The smallest absolute Gasteiger partial charge is 0.298 e. The van der Waals surface area contributed by atoms with Gasteiger partial charge in [-0.3, -0.25) is 4.55 Å². The average Bonchev–Trinajstić information content (AvgIpc) is 1.86. The van der Waals surface area contributed by atoms with Gasteiger partial charge in [-0.1, -0.05) is 12.1 Å². The highest BCUT2D eigenvalue weighted by atomic mass is 32.2. The summed E-state index contributed by atoms with van der Waals surface area (Å²) in [5.74, 6) is -0.574. The molecule has 0 amide bonds. The number of phenols is 1. The van der Waals surface area contributed by atoms with E-state index in [0.717, 1.165) is 6.07 Å². The monoisotopic (exact) mass is 173 g/mol. The molecular weight excluding hydrogens is 168 g/mol. The van der Waals surface area contributed by atoms with Crippen LogP contribution in [0.25, 0.3) is 0 Å². The fraction of sp³-hybridized carbons (Fsp3) is 0. The maximum atomic E-state index is 10.4. The van der Waals surface area contributed by atoms with E-state index in [-0.39, 0.29) is 0 Å². The van der Waals surface area contributed by atoms with E-state index in [2.05, 4.69) is 6.07 Å². The van der Waals surface area contributed by atoms with Crippen molar-refractivity contribution in [2.75, 3.05) is 0 Å². The molecule has 1 rings (SSSR count). The SMILES string of the molecule is O=S(=O)(O)c1ccc[c]c1O. The van der Waals surface area contributed by atoms with Crippen LogP contribution in [0, 0.1) is 6.07 Å². The van der Waals surface area contributed by atoms with Crippen molar-refractivity contribution in [3.63, 3.8) is 0 Å². The molecule has 0 saturated heterocycles. The van der Waals surface area contributed by atoms with Crippen LogP contribution in [0.1, 0.15) is 0 Å². The van der Waals surface area contributed by atoms with Crippen LogP contribution in [0.2, 0.25) is 0 Å². The van der Waals surface area contributed by atoms with Gasteiger partial charge < -0.3 is 5.11 Å². The third kappa shape index (κ3) is 1.69. The van der Waals surface area contributed by atoms with Crippen molar-refractivity contribution >= 4 is 10.1 Å². The highest BCUT2D eigenvalue weighted by Crippen LogP contribution is 2.19. The molecule has 0 heterocycles. The molecule has 2 N–H and O–H groups in total. The van der Waals surface area contributed by atoms with E-state index in [1.165, 1.54) is 12.1 Å². The summed E-state index contributed by atoms with van der Waals surface area (Å²) in [5, 5.41) is 8.85. The van der Waals surface area contributed by atoms with Crippen LogP contribution in [-0.4, -0.2) is 18.1 Å². The van der Waals surface area contributed by atoms with Crippen LogP contribution in [0.3, 0.4) is 0 Å². The fourth-order valence-electron chi connectivity index (χ4n) is 0.621. The zero-order valence-electron chi connectivity index (χ0n) is 5.35. The Morgan fingerprint density at radius 3 is 2.45 bits per heavy atom. The highest BCUT2D eigenvalue weighted by Gasteiger charge is 2.13. The summed E-state index contributed by atoms with van der Waals surface area (Å²) in [6.07, 6.45) is 0. The van der Waals surface area contributed by atoms with Gasteiger partial charge in [0.15, 0.2) is 0 Å². The Morgan fingerprint density at radius 1 is 1.45 bits per heavy atom. The third-order valence-electron chi connectivity index (χ3n) is 1.08. The number of benzene rings is 1. The van der Waals surface area contributed by atoms with Crippen molar-refractivity contribution in [3.05, 3.63) is 24.3 Å². The first-order valence-corrected chi connectivity index (χ1v) is 4.13. The average molecular weight is 173 g/mol. The molecule has 59 valence electrons. The Morgan fingerprint density at radius 2 is 2.09 bits per heavy atom. The molecule has 0 atom stereocenters.